The number of carbonyl (C=O) groups is 3. The van der Waals surface area contributed by atoms with E-state index in [0.29, 0.717) is 24.3 Å². The molecule has 3 atom stereocenters. The van der Waals surface area contributed by atoms with Gasteiger partial charge < -0.3 is 19.2 Å². The van der Waals surface area contributed by atoms with Crippen LogP contribution in [-0.2, 0) is 4.79 Å². The summed E-state index contributed by atoms with van der Waals surface area (Å²) in [5.74, 6) is -0.450. The van der Waals surface area contributed by atoms with E-state index in [1.807, 2.05) is 102 Å². The number of fused-ring (bicyclic) bond motifs is 4. The molecule has 37 heavy (non-hydrogen) atoms. The van der Waals surface area contributed by atoms with Crippen LogP contribution >= 0.6 is 0 Å². The fraction of sp³-hybridized carbons (Fsp3) is 0.367. The van der Waals surface area contributed by atoms with Gasteiger partial charge in [0.25, 0.3) is 5.91 Å². The van der Waals surface area contributed by atoms with Gasteiger partial charge >= 0.3 is 0 Å². The zero-order chi connectivity index (χ0) is 25.9. The number of benzene rings is 1. The van der Waals surface area contributed by atoms with E-state index in [1.54, 1.807) is 0 Å². The SMILES string of the molecule is CC(C)(C)[C@H](CC(=O)c1cc2ccccc2[nH]1)C(=O)N1C[C@@H]2C[C@H]1CN2C(=O)c1cc2ccccn2c1. The van der Waals surface area contributed by atoms with E-state index in [2.05, 4.69) is 4.98 Å². The summed E-state index contributed by atoms with van der Waals surface area (Å²) in [6.07, 6.45) is 4.75. The minimum absolute atomic E-state index is 0.00786. The third kappa shape index (κ3) is 4.12. The van der Waals surface area contributed by atoms with Crippen LogP contribution in [0.3, 0.4) is 0 Å². The summed E-state index contributed by atoms with van der Waals surface area (Å²) in [7, 11) is 0. The molecule has 2 fully saturated rings. The normalized spacial score (nSPS) is 20.2. The molecule has 7 nitrogen and oxygen atoms in total. The number of hydrogen-bond acceptors (Lipinski definition) is 3. The molecule has 0 unspecified atom stereocenters. The van der Waals surface area contributed by atoms with Gasteiger partial charge in [0.2, 0.25) is 5.91 Å². The topological polar surface area (TPSA) is 77.9 Å². The highest BCUT2D eigenvalue weighted by Gasteiger charge is 2.49. The maximum Gasteiger partial charge on any atom is 0.255 e. The Kier molecular flexibility index (Phi) is 5.48. The number of aromatic amines is 1. The smallest absolute Gasteiger partial charge is 0.255 e. The van der Waals surface area contributed by atoms with Crippen molar-refractivity contribution in [2.75, 3.05) is 13.1 Å². The molecule has 2 aliphatic rings. The Morgan fingerprint density at radius 3 is 2.41 bits per heavy atom. The molecule has 2 aliphatic heterocycles. The molecule has 1 aromatic carbocycles. The van der Waals surface area contributed by atoms with Crippen LogP contribution in [0.5, 0.6) is 0 Å². The van der Waals surface area contributed by atoms with Gasteiger partial charge in [0.05, 0.1) is 29.3 Å². The second-order valence-electron chi connectivity index (χ2n) is 11.6. The molecule has 2 amide bonds. The van der Waals surface area contributed by atoms with Crippen LogP contribution in [0.15, 0.2) is 67.0 Å². The predicted molar refractivity (Wildman–Crippen MR) is 143 cm³/mol. The molecule has 0 saturated carbocycles. The van der Waals surface area contributed by atoms with Crippen molar-refractivity contribution in [3.05, 3.63) is 78.2 Å². The lowest BCUT2D eigenvalue weighted by atomic mass is 9.76. The average Bonchev–Trinajstić information content (AvgIpc) is 3.66. The summed E-state index contributed by atoms with van der Waals surface area (Å²) in [6.45, 7) is 7.13. The number of para-hydroxylation sites is 1. The molecular formula is C30H32N4O3. The number of nitrogens with one attached hydrogen (secondary N) is 1. The number of carbonyl (C=O) groups excluding carboxylic acids is 3. The van der Waals surface area contributed by atoms with Crippen LogP contribution in [0.2, 0.25) is 0 Å². The molecule has 190 valence electrons. The summed E-state index contributed by atoms with van der Waals surface area (Å²) in [5, 5.41) is 0.988. The third-order valence-corrected chi connectivity index (χ3v) is 8.10. The Morgan fingerprint density at radius 1 is 0.973 bits per heavy atom. The summed E-state index contributed by atoms with van der Waals surface area (Å²) < 4.78 is 1.95. The molecule has 0 radical (unpaired) electrons. The van der Waals surface area contributed by atoms with E-state index >= 15 is 0 Å². The minimum Gasteiger partial charge on any atom is -0.352 e. The first-order chi connectivity index (χ1) is 17.7. The summed E-state index contributed by atoms with van der Waals surface area (Å²) in [5.41, 5.74) is 2.75. The van der Waals surface area contributed by atoms with Gasteiger partial charge in [-0.05, 0) is 42.2 Å². The van der Waals surface area contributed by atoms with Gasteiger partial charge in [0, 0.05) is 48.3 Å². The molecule has 2 bridgehead atoms. The first kappa shape index (κ1) is 23.5. The molecule has 6 rings (SSSR count). The zero-order valence-corrected chi connectivity index (χ0v) is 21.5. The second kappa shape index (κ2) is 8.61. The van der Waals surface area contributed by atoms with Crippen LogP contribution in [0.1, 0.15) is 54.5 Å². The van der Waals surface area contributed by atoms with Gasteiger partial charge in [-0.2, -0.15) is 0 Å². The first-order valence-corrected chi connectivity index (χ1v) is 13.0. The van der Waals surface area contributed by atoms with Gasteiger partial charge in [-0.15, -0.1) is 0 Å². The number of pyridine rings is 1. The zero-order valence-electron chi connectivity index (χ0n) is 21.5. The molecule has 2 saturated heterocycles. The molecular weight excluding hydrogens is 464 g/mol. The molecule has 0 spiro atoms. The van der Waals surface area contributed by atoms with Gasteiger partial charge in [-0.1, -0.05) is 45.0 Å². The molecule has 7 heteroatoms. The van der Waals surface area contributed by atoms with Crippen LogP contribution < -0.4 is 0 Å². The highest BCUT2D eigenvalue weighted by molar-refractivity contribution is 6.01. The van der Waals surface area contributed by atoms with Gasteiger partial charge in [-0.25, -0.2) is 0 Å². The summed E-state index contributed by atoms with van der Waals surface area (Å²) in [6, 6.07) is 17.5. The summed E-state index contributed by atoms with van der Waals surface area (Å²) in [4.78, 5) is 47.5. The number of amides is 2. The molecule has 3 aromatic heterocycles. The summed E-state index contributed by atoms with van der Waals surface area (Å²) >= 11 is 0. The van der Waals surface area contributed by atoms with E-state index in [9.17, 15) is 14.4 Å². The Labute approximate surface area is 216 Å². The first-order valence-electron chi connectivity index (χ1n) is 13.0. The number of piperazine rings is 1. The number of hydrogen-bond donors (Lipinski definition) is 1. The van der Waals surface area contributed by atoms with E-state index in [0.717, 1.165) is 22.8 Å². The van der Waals surface area contributed by atoms with Gasteiger partial charge in [0.1, 0.15) is 0 Å². The monoisotopic (exact) mass is 496 g/mol. The van der Waals surface area contributed by atoms with E-state index in [-0.39, 0.29) is 41.5 Å². The van der Waals surface area contributed by atoms with Gasteiger partial charge in [0.15, 0.2) is 5.78 Å². The Balaban J connectivity index is 1.17. The molecule has 1 N–H and O–H groups in total. The number of rotatable bonds is 5. The Hall–Kier alpha value is -3.87. The highest BCUT2D eigenvalue weighted by Crippen LogP contribution is 2.38. The number of Topliss-reactive ketones (excluding diaryl/α,β-unsaturated/α-hetero) is 1. The van der Waals surface area contributed by atoms with Crippen molar-refractivity contribution in [1.29, 1.82) is 0 Å². The van der Waals surface area contributed by atoms with Crippen molar-refractivity contribution in [3.63, 3.8) is 0 Å². The number of ketones is 1. The maximum absolute atomic E-state index is 13.8. The largest absolute Gasteiger partial charge is 0.352 e. The van der Waals surface area contributed by atoms with E-state index in [4.69, 9.17) is 0 Å². The van der Waals surface area contributed by atoms with Crippen molar-refractivity contribution in [3.8, 4) is 0 Å². The van der Waals surface area contributed by atoms with Crippen molar-refractivity contribution in [2.24, 2.45) is 11.3 Å². The molecule has 4 aromatic rings. The van der Waals surface area contributed by atoms with E-state index < -0.39 is 5.92 Å². The van der Waals surface area contributed by atoms with Crippen LogP contribution in [0, 0.1) is 11.3 Å². The lowest BCUT2D eigenvalue weighted by Crippen LogP contribution is -2.53. The van der Waals surface area contributed by atoms with Crippen LogP contribution in [-0.4, -0.2) is 62.0 Å². The Bertz CT molecular complexity index is 1460. The number of H-pyrrole nitrogens is 1. The van der Waals surface area contributed by atoms with Crippen LogP contribution in [0.4, 0.5) is 0 Å². The second-order valence-corrected chi connectivity index (χ2v) is 11.6. The molecule has 0 aliphatic carbocycles. The Morgan fingerprint density at radius 2 is 1.70 bits per heavy atom. The van der Waals surface area contributed by atoms with Crippen molar-refractivity contribution >= 4 is 34.0 Å². The lowest BCUT2D eigenvalue weighted by Gasteiger charge is -2.39. The fourth-order valence-corrected chi connectivity index (χ4v) is 6.01. The quantitative estimate of drug-likeness (QED) is 0.404. The average molecular weight is 497 g/mol. The number of aromatic nitrogens is 2. The maximum atomic E-state index is 13.8. The van der Waals surface area contributed by atoms with Crippen molar-refractivity contribution in [1.82, 2.24) is 19.2 Å². The number of nitrogens with zero attached hydrogens (tertiary/aromatic N) is 3. The highest BCUT2D eigenvalue weighted by atomic mass is 16.2. The molecule has 5 heterocycles. The van der Waals surface area contributed by atoms with Crippen molar-refractivity contribution in [2.45, 2.75) is 45.7 Å². The van der Waals surface area contributed by atoms with Gasteiger partial charge in [-0.3, -0.25) is 14.4 Å². The minimum atomic E-state index is -0.438. The standard InChI is InChI=1S/C30H32N4O3/c1-30(2,3)24(15-27(35)26-13-19-8-4-5-10-25(19)31-26)29(37)34-18-22-14-23(34)17-33(22)28(36)20-12-21-9-6-7-11-32(21)16-20/h4-13,16,22-24,31H,14-15,17-18H2,1-3H3/t22-,23-,24+/m0/s1. The lowest BCUT2D eigenvalue weighted by molar-refractivity contribution is -0.141. The number of likely N-dealkylation sites (tertiary alicyclic amines) is 2. The fourth-order valence-electron chi connectivity index (χ4n) is 6.01. The van der Waals surface area contributed by atoms with Crippen LogP contribution in [0.25, 0.3) is 16.4 Å². The van der Waals surface area contributed by atoms with E-state index in [1.165, 1.54) is 0 Å². The third-order valence-electron chi connectivity index (χ3n) is 8.10. The predicted octanol–water partition coefficient (Wildman–Crippen LogP) is 4.78. The van der Waals surface area contributed by atoms with Crippen molar-refractivity contribution < 1.29 is 14.4 Å².